The molecule has 20 heavy (non-hydrogen) atoms. The van der Waals surface area contributed by atoms with Crippen LogP contribution in [0.2, 0.25) is 0 Å². The van der Waals surface area contributed by atoms with Gasteiger partial charge < -0.3 is 11.1 Å². The molecule has 0 saturated heterocycles. The lowest BCUT2D eigenvalue weighted by molar-refractivity contribution is 0.521. The van der Waals surface area contributed by atoms with E-state index in [4.69, 9.17) is 5.73 Å². The molecule has 1 aromatic rings. The van der Waals surface area contributed by atoms with E-state index in [2.05, 4.69) is 12.2 Å². The van der Waals surface area contributed by atoms with E-state index in [9.17, 15) is 8.42 Å². The molecule has 1 atom stereocenters. The molecule has 0 spiro atoms. The molecule has 0 amide bonds. The Hall–Kier alpha value is -1.11. The van der Waals surface area contributed by atoms with Gasteiger partial charge in [0.15, 0.2) is 0 Å². The summed E-state index contributed by atoms with van der Waals surface area (Å²) in [6.07, 6.45) is 3.28. The normalized spacial score (nSPS) is 13.4. The van der Waals surface area contributed by atoms with E-state index in [0.717, 1.165) is 24.9 Å². The minimum absolute atomic E-state index is 0.228. The lowest BCUT2D eigenvalue weighted by Crippen LogP contribution is -2.28. The molecule has 1 aromatic carbocycles. The van der Waals surface area contributed by atoms with Crippen LogP contribution in [0.5, 0.6) is 0 Å². The molecule has 0 aliphatic rings. The molecule has 0 fully saturated rings. The van der Waals surface area contributed by atoms with E-state index in [1.54, 1.807) is 24.3 Å². The van der Waals surface area contributed by atoms with Crippen molar-refractivity contribution in [1.82, 2.24) is 4.31 Å². The number of nitrogens with one attached hydrogen (secondary N) is 1. The largest absolute Gasteiger partial charge is 0.381 e. The number of hydrogen-bond donors (Lipinski definition) is 2. The maximum absolute atomic E-state index is 11.9. The van der Waals surface area contributed by atoms with Gasteiger partial charge in [-0.05, 0) is 30.7 Å². The van der Waals surface area contributed by atoms with Crippen LogP contribution in [0.1, 0.15) is 26.2 Å². The number of nitrogens with zero attached hydrogens (tertiary/aromatic N) is 1. The predicted octanol–water partition coefficient (Wildman–Crippen LogP) is 1.87. The predicted molar refractivity (Wildman–Crippen MR) is 83.3 cm³/mol. The summed E-state index contributed by atoms with van der Waals surface area (Å²) in [6, 6.07) is 7.03. The number of unbranched alkanes of at least 4 members (excludes halogenated alkanes) is 1. The van der Waals surface area contributed by atoms with Gasteiger partial charge in [-0.3, -0.25) is 0 Å². The van der Waals surface area contributed by atoms with Gasteiger partial charge in [0.25, 0.3) is 0 Å². The minimum atomic E-state index is -3.36. The van der Waals surface area contributed by atoms with Gasteiger partial charge in [0.1, 0.15) is 0 Å². The molecular formula is C14H25N3O2S. The Morgan fingerprint density at radius 2 is 1.85 bits per heavy atom. The standard InChI is InChI=1S/C14H25N3O2S/c1-4-5-6-13(11-15)16-12-7-9-14(10-8-12)20(18,19)17(2)3/h7-10,13,16H,4-6,11,15H2,1-3H3. The van der Waals surface area contributed by atoms with Crippen LogP contribution in [-0.4, -0.2) is 39.4 Å². The number of benzene rings is 1. The van der Waals surface area contributed by atoms with Crippen molar-refractivity contribution in [2.24, 2.45) is 5.73 Å². The van der Waals surface area contributed by atoms with Crippen molar-refractivity contribution >= 4 is 15.7 Å². The van der Waals surface area contributed by atoms with Crippen molar-refractivity contribution in [3.63, 3.8) is 0 Å². The highest BCUT2D eigenvalue weighted by molar-refractivity contribution is 7.89. The van der Waals surface area contributed by atoms with E-state index < -0.39 is 10.0 Å². The molecule has 1 rings (SSSR count). The van der Waals surface area contributed by atoms with Crippen LogP contribution < -0.4 is 11.1 Å². The summed E-state index contributed by atoms with van der Waals surface area (Å²) in [6.45, 7) is 2.71. The summed E-state index contributed by atoms with van der Waals surface area (Å²) in [5.74, 6) is 0. The Labute approximate surface area is 122 Å². The summed E-state index contributed by atoms with van der Waals surface area (Å²) >= 11 is 0. The summed E-state index contributed by atoms with van der Waals surface area (Å²) in [4.78, 5) is 0.297. The zero-order chi connectivity index (χ0) is 15.2. The van der Waals surface area contributed by atoms with Crippen LogP contribution in [0.15, 0.2) is 29.2 Å². The first kappa shape index (κ1) is 16.9. The molecule has 0 saturated carbocycles. The number of nitrogens with two attached hydrogens (primary N) is 1. The topological polar surface area (TPSA) is 75.4 Å². The molecule has 0 aliphatic carbocycles. The van der Waals surface area contributed by atoms with Crippen molar-refractivity contribution in [2.75, 3.05) is 26.0 Å². The van der Waals surface area contributed by atoms with Gasteiger partial charge in [0.05, 0.1) is 4.90 Å². The number of sulfonamides is 1. The SMILES string of the molecule is CCCCC(CN)Nc1ccc(S(=O)(=O)N(C)C)cc1. The maximum atomic E-state index is 11.9. The van der Waals surface area contributed by atoms with Gasteiger partial charge in [0, 0.05) is 32.4 Å². The number of anilines is 1. The van der Waals surface area contributed by atoms with Crippen LogP contribution in [0.3, 0.4) is 0 Å². The first-order valence-corrected chi connectivity index (χ1v) is 8.35. The Balaban J connectivity index is 2.76. The van der Waals surface area contributed by atoms with Gasteiger partial charge >= 0.3 is 0 Å². The first-order valence-electron chi connectivity index (χ1n) is 6.91. The first-order chi connectivity index (χ1) is 9.41. The molecule has 0 radical (unpaired) electrons. The summed E-state index contributed by atoms with van der Waals surface area (Å²) in [5.41, 5.74) is 6.63. The second-order valence-electron chi connectivity index (χ2n) is 5.03. The highest BCUT2D eigenvalue weighted by Crippen LogP contribution is 2.17. The van der Waals surface area contributed by atoms with Gasteiger partial charge in [-0.25, -0.2) is 12.7 Å². The second-order valence-corrected chi connectivity index (χ2v) is 7.18. The highest BCUT2D eigenvalue weighted by atomic mass is 32.2. The van der Waals surface area contributed by atoms with E-state index in [-0.39, 0.29) is 6.04 Å². The molecule has 0 heterocycles. The minimum Gasteiger partial charge on any atom is -0.381 e. The molecule has 3 N–H and O–H groups in total. The smallest absolute Gasteiger partial charge is 0.242 e. The highest BCUT2D eigenvalue weighted by Gasteiger charge is 2.16. The molecule has 0 aliphatic heterocycles. The van der Waals surface area contributed by atoms with E-state index in [1.165, 1.54) is 18.4 Å². The lowest BCUT2D eigenvalue weighted by Gasteiger charge is -2.18. The average Bonchev–Trinajstić information content (AvgIpc) is 2.43. The zero-order valence-electron chi connectivity index (χ0n) is 12.5. The molecule has 0 aromatic heterocycles. The second kappa shape index (κ2) is 7.61. The summed E-state index contributed by atoms with van der Waals surface area (Å²) < 4.78 is 25.1. The Kier molecular flexibility index (Phi) is 6.45. The van der Waals surface area contributed by atoms with Gasteiger partial charge in [-0.15, -0.1) is 0 Å². The van der Waals surface area contributed by atoms with Gasteiger partial charge in [0.2, 0.25) is 10.0 Å². The van der Waals surface area contributed by atoms with Crippen molar-refractivity contribution in [2.45, 2.75) is 37.1 Å². The van der Waals surface area contributed by atoms with Crippen LogP contribution in [0.25, 0.3) is 0 Å². The van der Waals surface area contributed by atoms with Crippen LogP contribution in [0, 0.1) is 0 Å². The molecule has 0 bridgehead atoms. The van der Waals surface area contributed by atoms with Crippen LogP contribution >= 0.6 is 0 Å². The fourth-order valence-corrected chi connectivity index (χ4v) is 2.77. The molecule has 114 valence electrons. The summed E-state index contributed by atoms with van der Waals surface area (Å²) in [7, 11) is -0.312. The summed E-state index contributed by atoms with van der Waals surface area (Å²) in [5, 5.41) is 3.34. The monoisotopic (exact) mass is 299 g/mol. The molecule has 1 unspecified atom stereocenters. The zero-order valence-corrected chi connectivity index (χ0v) is 13.3. The Bertz CT molecular complexity index is 498. The van der Waals surface area contributed by atoms with E-state index in [1.807, 2.05) is 0 Å². The van der Waals surface area contributed by atoms with Gasteiger partial charge in [-0.2, -0.15) is 0 Å². The van der Waals surface area contributed by atoms with E-state index >= 15 is 0 Å². The van der Waals surface area contributed by atoms with Crippen molar-refractivity contribution < 1.29 is 8.42 Å². The average molecular weight is 299 g/mol. The Morgan fingerprint density at radius 1 is 1.25 bits per heavy atom. The quantitative estimate of drug-likeness (QED) is 0.768. The third kappa shape index (κ3) is 4.47. The van der Waals surface area contributed by atoms with Gasteiger partial charge in [-0.1, -0.05) is 19.8 Å². The van der Waals surface area contributed by atoms with Crippen LogP contribution in [-0.2, 0) is 10.0 Å². The third-order valence-electron chi connectivity index (χ3n) is 3.19. The number of rotatable bonds is 8. The van der Waals surface area contributed by atoms with Crippen molar-refractivity contribution in [3.05, 3.63) is 24.3 Å². The Morgan fingerprint density at radius 3 is 2.30 bits per heavy atom. The van der Waals surface area contributed by atoms with Crippen molar-refractivity contribution in [1.29, 1.82) is 0 Å². The number of hydrogen-bond acceptors (Lipinski definition) is 4. The molecule has 5 nitrogen and oxygen atoms in total. The fourth-order valence-electron chi connectivity index (χ4n) is 1.87. The third-order valence-corrected chi connectivity index (χ3v) is 5.02. The van der Waals surface area contributed by atoms with E-state index in [0.29, 0.717) is 11.4 Å². The van der Waals surface area contributed by atoms with Crippen molar-refractivity contribution in [3.8, 4) is 0 Å². The fraction of sp³-hybridized carbons (Fsp3) is 0.571. The van der Waals surface area contributed by atoms with Crippen LogP contribution in [0.4, 0.5) is 5.69 Å². The maximum Gasteiger partial charge on any atom is 0.242 e. The lowest BCUT2D eigenvalue weighted by atomic mass is 10.1. The molecular weight excluding hydrogens is 274 g/mol. The molecule has 6 heteroatoms.